The number of carbonyl (C=O) groups excluding carboxylic acids is 4. The minimum absolute atomic E-state index is 0.0799. The van der Waals surface area contributed by atoms with Gasteiger partial charge in [0.25, 0.3) is 0 Å². The predicted molar refractivity (Wildman–Crippen MR) is 133 cm³/mol. The molecule has 7 nitrogen and oxygen atoms in total. The molecule has 0 amide bonds. The molecule has 4 rings (SSSR count). The Balaban J connectivity index is 1.81. The van der Waals surface area contributed by atoms with Crippen molar-refractivity contribution in [2.45, 2.75) is 89.7 Å². The zero-order chi connectivity index (χ0) is 26.7. The molecule has 0 aromatic rings. The van der Waals surface area contributed by atoms with Gasteiger partial charge in [0.2, 0.25) is 5.78 Å². The smallest absolute Gasteiger partial charge is 0.306 e. The number of fused-ring (bicyclic) bond motifs is 5. The summed E-state index contributed by atoms with van der Waals surface area (Å²) in [6.45, 7) is 8.38. The first-order valence-electron chi connectivity index (χ1n) is 13.0. The molecule has 0 radical (unpaired) electrons. The van der Waals surface area contributed by atoms with E-state index in [9.17, 15) is 24.3 Å². The van der Waals surface area contributed by atoms with Gasteiger partial charge in [-0.1, -0.05) is 39.3 Å². The lowest BCUT2D eigenvalue weighted by Crippen LogP contribution is -2.69. The van der Waals surface area contributed by atoms with Crippen LogP contribution in [-0.2, 0) is 28.7 Å². The highest BCUT2D eigenvalue weighted by Gasteiger charge is 2.76. The number of aliphatic hydroxyl groups excluding tert-OH is 1. The monoisotopic (exact) mass is 520 g/mol. The highest BCUT2D eigenvalue weighted by Crippen LogP contribution is 2.72. The molecular weight excluding hydrogens is 484 g/mol. The Morgan fingerprint density at radius 3 is 2.56 bits per heavy atom. The van der Waals surface area contributed by atoms with Crippen molar-refractivity contribution in [1.82, 2.24) is 0 Å². The largest absolute Gasteiger partial charge is 0.458 e. The van der Waals surface area contributed by atoms with Crippen LogP contribution in [0, 0.1) is 28.6 Å². The van der Waals surface area contributed by atoms with Gasteiger partial charge in [-0.15, -0.1) is 11.6 Å². The fraction of sp³-hybridized carbons (Fsp3) is 0.714. The Bertz CT molecular complexity index is 1050. The molecule has 3 saturated carbocycles. The summed E-state index contributed by atoms with van der Waals surface area (Å²) < 4.78 is 11.2. The first-order valence-corrected chi connectivity index (χ1v) is 13.4. The Morgan fingerprint density at radius 1 is 1.22 bits per heavy atom. The van der Waals surface area contributed by atoms with Gasteiger partial charge in [0.05, 0.1) is 11.0 Å². The van der Waals surface area contributed by atoms with E-state index in [0.717, 1.165) is 5.57 Å². The summed E-state index contributed by atoms with van der Waals surface area (Å²) in [7, 11) is 0. The maximum absolute atomic E-state index is 13.8. The van der Waals surface area contributed by atoms with E-state index in [2.05, 4.69) is 0 Å². The molecule has 0 saturated heterocycles. The number of aliphatic hydroxyl groups is 1. The molecule has 198 valence electrons. The van der Waals surface area contributed by atoms with Crippen LogP contribution in [0.5, 0.6) is 0 Å². The average molecular weight is 521 g/mol. The molecule has 1 N–H and O–H groups in total. The molecule has 8 atom stereocenters. The molecule has 0 aromatic heterocycles. The van der Waals surface area contributed by atoms with E-state index < -0.39 is 51.7 Å². The number of carbonyl (C=O) groups is 4. The normalized spacial score (nSPS) is 43.1. The SMILES string of the molecule is CCCC(=O)O[C@@]1(C(=O)COC(C)=O)[C@H](C)C[C@H]2[C@@H]3CCC4=CC(=O)C=C[C@]4(C)[C@@]3(Cl)[C@@H](O)C[C@@]21C. The van der Waals surface area contributed by atoms with Crippen LogP contribution >= 0.6 is 11.6 Å². The van der Waals surface area contributed by atoms with Crippen molar-refractivity contribution in [3.05, 3.63) is 23.8 Å². The van der Waals surface area contributed by atoms with Crippen molar-refractivity contribution in [2.75, 3.05) is 6.61 Å². The van der Waals surface area contributed by atoms with Crippen LogP contribution in [0.2, 0.25) is 0 Å². The molecule has 36 heavy (non-hydrogen) atoms. The number of esters is 2. The predicted octanol–water partition coefficient (Wildman–Crippen LogP) is 4.09. The lowest BCUT2D eigenvalue weighted by atomic mass is 9.45. The second kappa shape index (κ2) is 9.09. The van der Waals surface area contributed by atoms with Crippen molar-refractivity contribution in [2.24, 2.45) is 28.6 Å². The van der Waals surface area contributed by atoms with E-state index in [1.807, 2.05) is 33.8 Å². The Labute approximate surface area is 217 Å². The maximum atomic E-state index is 13.8. The molecule has 0 unspecified atom stereocenters. The first kappa shape index (κ1) is 27.1. The van der Waals surface area contributed by atoms with Crippen LogP contribution in [0.1, 0.15) is 73.1 Å². The number of halogens is 1. The summed E-state index contributed by atoms with van der Waals surface area (Å²) in [4.78, 5) is 49.3. The highest BCUT2D eigenvalue weighted by atomic mass is 35.5. The zero-order valence-electron chi connectivity index (χ0n) is 21.8. The van der Waals surface area contributed by atoms with E-state index in [-0.39, 0.29) is 36.4 Å². The number of allylic oxidation sites excluding steroid dienone is 4. The van der Waals surface area contributed by atoms with Crippen LogP contribution in [0.3, 0.4) is 0 Å². The van der Waals surface area contributed by atoms with Crippen molar-refractivity contribution >= 4 is 35.1 Å². The average Bonchev–Trinajstić information content (AvgIpc) is 3.01. The third-order valence-electron chi connectivity index (χ3n) is 9.73. The second-order valence-corrected chi connectivity index (χ2v) is 12.2. The van der Waals surface area contributed by atoms with Gasteiger partial charge in [0, 0.05) is 30.1 Å². The summed E-state index contributed by atoms with van der Waals surface area (Å²) in [5.74, 6) is -2.29. The third-order valence-corrected chi connectivity index (χ3v) is 10.7. The van der Waals surface area contributed by atoms with Gasteiger partial charge in [-0.2, -0.15) is 0 Å². The molecule has 0 aliphatic heterocycles. The van der Waals surface area contributed by atoms with E-state index >= 15 is 0 Å². The van der Waals surface area contributed by atoms with Crippen LogP contribution in [0.25, 0.3) is 0 Å². The second-order valence-electron chi connectivity index (χ2n) is 11.6. The van der Waals surface area contributed by atoms with Crippen LogP contribution in [0.15, 0.2) is 23.8 Å². The molecule has 0 heterocycles. The van der Waals surface area contributed by atoms with E-state index in [4.69, 9.17) is 21.1 Å². The molecule has 0 bridgehead atoms. The lowest BCUT2D eigenvalue weighted by molar-refractivity contribution is -0.203. The van der Waals surface area contributed by atoms with Crippen molar-refractivity contribution in [3.63, 3.8) is 0 Å². The number of hydrogen-bond donors (Lipinski definition) is 1. The molecular formula is C28H37ClO7. The summed E-state index contributed by atoms with van der Waals surface area (Å²) >= 11 is 7.48. The quantitative estimate of drug-likeness (QED) is 0.415. The number of ketones is 2. The van der Waals surface area contributed by atoms with Crippen molar-refractivity contribution in [1.29, 1.82) is 0 Å². The molecule has 4 aliphatic carbocycles. The van der Waals surface area contributed by atoms with Gasteiger partial charge in [-0.05, 0) is 56.1 Å². The number of ether oxygens (including phenoxy) is 2. The minimum atomic E-state index is -1.55. The number of hydrogen-bond acceptors (Lipinski definition) is 7. The minimum Gasteiger partial charge on any atom is -0.458 e. The van der Waals surface area contributed by atoms with E-state index in [1.54, 1.807) is 6.08 Å². The molecule has 0 aromatic carbocycles. The lowest BCUT2D eigenvalue weighted by Gasteiger charge is -2.64. The Hall–Kier alpha value is -1.99. The zero-order valence-corrected chi connectivity index (χ0v) is 22.5. The topological polar surface area (TPSA) is 107 Å². The van der Waals surface area contributed by atoms with Crippen LogP contribution in [0.4, 0.5) is 0 Å². The fourth-order valence-electron chi connectivity index (χ4n) is 8.11. The number of rotatable bonds is 6. The van der Waals surface area contributed by atoms with Gasteiger partial charge in [-0.25, -0.2) is 0 Å². The fourth-order valence-corrected chi connectivity index (χ4v) is 8.63. The summed E-state index contributed by atoms with van der Waals surface area (Å²) in [6.07, 6.45) is 6.69. The Morgan fingerprint density at radius 2 is 1.92 bits per heavy atom. The molecule has 0 spiro atoms. The van der Waals surface area contributed by atoms with Gasteiger partial charge >= 0.3 is 11.9 Å². The number of alkyl halides is 1. The highest BCUT2D eigenvalue weighted by molar-refractivity contribution is 6.26. The van der Waals surface area contributed by atoms with Crippen LogP contribution in [-0.4, -0.2) is 51.8 Å². The Kier molecular flexibility index (Phi) is 6.83. The van der Waals surface area contributed by atoms with Gasteiger partial charge in [0.15, 0.2) is 18.0 Å². The van der Waals surface area contributed by atoms with E-state index in [0.29, 0.717) is 25.7 Å². The van der Waals surface area contributed by atoms with Gasteiger partial charge in [-0.3, -0.25) is 19.2 Å². The van der Waals surface area contributed by atoms with Crippen molar-refractivity contribution < 1.29 is 33.8 Å². The summed E-state index contributed by atoms with van der Waals surface area (Å²) in [6, 6.07) is 0. The molecule has 3 fully saturated rings. The standard InChI is InChI=1S/C28H37ClO7/c1-6-7-24(34)36-28(23(33)15-35-17(3)30)16(2)12-21-20-9-8-18-13-19(31)10-11-25(18,4)27(20,29)22(32)14-26(21,28)5/h10-11,13,16,20-22,32H,6-9,12,14-15H2,1-5H3/t16-,20+,21+,22+,25+,26+,27+,28-/m1/s1. The summed E-state index contributed by atoms with van der Waals surface area (Å²) in [5, 5.41) is 11.8. The maximum Gasteiger partial charge on any atom is 0.306 e. The summed E-state index contributed by atoms with van der Waals surface area (Å²) in [5.41, 5.74) is -2.27. The third kappa shape index (κ3) is 3.56. The number of Topliss-reactive ketones (excluding diaryl/α,β-unsaturated/α-hetero) is 1. The molecule has 4 aliphatic rings. The van der Waals surface area contributed by atoms with Gasteiger partial charge in [0.1, 0.15) is 0 Å². The van der Waals surface area contributed by atoms with Gasteiger partial charge < -0.3 is 14.6 Å². The molecule has 8 heteroatoms. The first-order chi connectivity index (χ1) is 16.8. The van der Waals surface area contributed by atoms with E-state index in [1.165, 1.54) is 13.0 Å². The van der Waals surface area contributed by atoms with Crippen molar-refractivity contribution in [3.8, 4) is 0 Å². The van der Waals surface area contributed by atoms with Crippen LogP contribution < -0.4 is 0 Å².